The minimum atomic E-state index is -0.884. The van der Waals surface area contributed by atoms with E-state index in [0.717, 1.165) is 5.82 Å². The Morgan fingerprint density at radius 3 is 2.93 bits per heavy atom. The van der Waals surface area contributed by atoms with E-state index in [1.54, 1.807) is 10.7 Å². The van der Waals surface area contributed by atoms with Crippen LogP contribution in [0.25, 0.3) is 5.78 Å². The van der Waals surface area contributed by atoms with Crippen molar-refractivity contribution in [1.82, 2.24) is 19.2 Å². The minimum Gasteiger partial charge on any atom is -0.481 e. The summed E-state index contributed by atoms with van der Waals surface area (Å²) in [5, 5.41) is 12.7. The molecule has 1 N–H and O–H groups in total. The van der Waals surface area contributed by atoms with Crippen molar-refractivity contribution in [3.63, 3.8) is 0 Å². The molecule has 74 valence electrons. The van der Waals surface area contributed by atoms with Crippen molar-refractivity contribution >= 4 is 11.7 Å². The molecule has 0 bridgehead atoms. The van der Waals surface area contributed by atoms with Crippen LogP contribution in [0.1, 0.15) is 11.5 Å². The summed E-state index contributed by atoms with van der Waals surface area (Å²) < 4.78 is 3.40. The van der Waals surface area contributed by atoms with Crippen LogP contribution in [-0.2, 0) is 18.3 Å². The number of hydrogen-bond acceptors (Lipinski definition) is 3. The first-order valence-electron chi connectivity index (χ1n) is 4.17. The molecule has 0 saturated carbocycles. The molecule has 0 saturated heterocycles. The van der Waals surface area contributed by atoms with Crippen LogP contribution in [-0.4, -0.2) is 30.2 Å². The third-order valence-electron chi connectivity index (χ3n) is 2.09. The van der Waals surface area contributed by atoms with Gasteiger partial charge in [0, 0.05) is 7.05 Å². The maximum absolute atomic E-state index is 10.4. The van der Waals surface area contributed by atoms with E-state index in [1.165, 1.54) is 0 Å². The normalized spacial score (nSPS) is 11.0. The Morgan fingerprint density at radius 2 is 2.36 bits per heavy atom. The minimum absolute atomic E-state index is 0.0671. The van der Waals surface area contributed by atoms with Crippen molar-refractivity contribution in [2.75, 3.05) is 0 Å². The predicted octanol–water partition coefficient (Wildman–Crippen LogP) is 0.00332. The van der Waals surface area contributed by atoms with Gasteiger partial charge in [0.25, 0.3) is 0 Å². The zero-order chi connectivity index (χ0) is 10.3. The highest BCUT2D eigenvalue weighted by Crippen LogP contribution is 2.06. The van der Waals surface area contributed by atoms with Crippen LogP contribution in [0, 0.1) is 6.92 Å². The van der Waals surface area contributed by atoms with E-state index in [2.05, 4.69) is 10.1 Å². The highest BCUT2D eigenvalue weighted by Gasteiger charge is 2.10. The monoisotopic (exact) mass is 194 g/mol. The van der Waals surface area contributed by atoms with Gasteiger partial charge in [0.05, 0.1) is 18.3 Å². The molecule has 2 rings (SSSR count). The molecule has 0 unspecified atom stereocenters. The van der Waals surface area contributed by atoms with Crippen molar-refractivity contribution in [2.45, 2.75) is 13.3 Å². The number of aryl methyl sites for hydroxylation is 2. The summed E-state index contributed by atoms with van der Waals surface area (Å²) in [5.41, 5.74) is 0.524. The largest absolute Gasteiger partial charge is 0.481 e. The third-order valence-corrected chi connectivity index (χ3v) is 2.09. The zero-order valence-corrected chi connectivity index (χ0v) is 7.93. The number of carboxylic acid groups (broad SMARTS) is 1. The Bertz CT molecular complexity index is 497. The summed E-state index contributed by atoms with van der Waals surface area (Å²) >= 11 is 0. The van der Waals surface area contributed by atoms with Gasteiger partial charge in [-0.2, -0.15) is 5.10 Å². The first-order valence-corrected chi connectivity index (χ1v) is 4.17. The summed E-state index contributed by atoms with van der Waals surface area (Å²) in [4.78, 5) is 14.6. The maximum atomic E-state index is 10.4. The van der Waals surface area contributed by atoms with Crippen molar-refractivity contribution in [3.8, 4) is 0 Å². The number of carbonyl (C=O) groups is 1. The number of carboxylic acids is 1. The lowest BCUT2D eigenvalue weighted by Gasteiger charge is -1.91. The van der Waals surface area contributed by atoms with Crippen LogP contribution in [0.2, 0.25) is 0 Å². The Hall–Kier alpha value is -1.85. The molecule has 0 aromatic carbocycles. The lowest BCUT2D eigenvalue weighted by atomic mass is 10.3. The molecule has 0 spiro atoms. The molecule has 0 radical (unpaired) electrons. The van der Waals surface area contributed by atoms with E-state index < -0.39 is 5.97 Å². The van der Waals surface area contributed by atoms with Crippen molar-refractivity contribution in [1.29, 1.82) is 0 Å². The fourth-order valence-electron chi connectivity index (χ4n) is 1.32. The number of aliphatic carboxylic acids is 1. The molecule has 0 aliphatic heterocycles. The van der Waals surface area contributed by atoms with E-state index in [1.807, 2.05) is 18.5 Å². The average Bonchev–Trinajstić information content (AvgIpc) is 2.54. The first kappa shape index (κ1) is 8.74. The Kier molecular flexibility index (Phi) is 1.77. The summed E-state index contributed by atoms with van der Waals surface area (Å²) in [6.45, 7) is 1.87. The van der Waals surface area contributed by atoms with Gasteiger partial charge in [0.1, 0.15) is 5.82 Å². The summed E-state index contributed by atoms with van der Waals surface area (Å²) in [6, 6.07) is 0. The third kappa shape index (κ3) is 1.24. The lowest BCUT2D eigenvalue weighted by molar-refractivity contribution is -0.136. The second kappa shape index (κ2) is 2.83. The van der Waals surface area contributed by atoms with Crippen LogP contribution in [0.15, 0.2) is 6.20 Å². The quantitative estimate of drug-likeness (QED) is 0.730. The van der Waals surface area contributed by atoms with Gasteiger partial charge in [-0.3, -0.25) is 4.79 Å². The smallest absolute Gasteiger partial charge is 0.309 e. The number of hydrogen-bond donors (Lipinski definition) is 1. The molecule has 0 aliphatic carbocycles. The van der Waals surface area contributed by atoms with E-state index in [-0.39, 0.29) is 6.42 Å². The molecule has 14 heavy (non-hydrogen) atoms. The molecule has 2 heterocycles. The van der Waals surface area contributed by atoms with Crippen molar-refractivity contribution < 1.29 is 9.90 Å². The maximum Gasteiger partial charge on any atom is 0.309 e. The second-order valence-corrected chi connectivity index (χ2v) is 3.15. The van der Waals surface area contributed by atoms with Gasteiger partial charge in [-0.25, -0.2) is 9.50 Å². The van der Waals surface area contributed by atoms with Crippen LogP contribution in [0.5, 0.6) is 0 Å². The lowest BCUT2D eigenvalue weighted by Crippen LogP contribution is -2.00. The van der Waals surface area contributed by atoms with Crippen molar-refractivity contribution in [2.24, 2.45) is 7.05 Å². The topological polar surface area (TPSA) is 72.4 Å². The van der Waals surface area contributed by atoms with Crippen LogP contribution < -0.4 is 0 Å². The highest BCUT2D eigenvalue weighted by molar-refractivity contribution is 5.69. The fourth-order valence-corrected chi connectivity index (χ4v) is 1.32. The van der Waals surface area contributed by atoms with E-state index in [0.29, 0.717) is 11.5 Å². The molecule has 0 amide bonds. The molecule has 0 fully saturated rings. The van der Waals surface area contributed by atoms with Gasteiger partial charge in [-0.05, 0) is 6.92 Å². The van der Waals surface area contributed by atoms with Crippen LogP contribution in [0.4, 0.5) is 0 Å². The van der Waals surface area contributed by atoms with Gasteiger partial charge < -0.3 is 9.67 Å². The molecular formula is C8H10N4O2. The Balaban J connectivity index is 2.48. The summed E-state index contributed by atoms with van der Waals surface area (Å²) in [6.07, 6.45) is 1.57. The SMILES string of the molecule is Cc1nn2cc(CC(=O)O)nc2n1C. The Labute approximate surface area is 79.8 Å². The van der Waals surface area contributed by atoms with E-state index >= 15 is 0 Å². The molecule has 0 aliphatic rings. The number of imidazole rings is 1. The molecule has 6 nitrogen and oxygen atoms in total. The van der Waals surface area contributed by atoms with Gasteiger partial charge >= 0.3 is 5.97 Å². The predicted molar refractivity (Wildman–Crippen MR) is 48.0 cm³/mol. The first-order chi connectivity index (χ1) is 6.58. The number of aromatic nitrogens is 4. The standard InChI is InChI=1S/C8H10N4O2/c1-5-10-12-4-6(3-7(13)14)9-8(12)11(5)2/h4H,3H2,1-2H3,(H,13,14). The molecule has 2 aromatic rings. The van der Waals surface area contributed by atoms with E-state index in [4.69, 9.17) is 5.11 Å². The Morgan fingerprint density at radius 1 is 1.64 bits per heavy atom. The fraction of sp³-hybridized carbons (Fsp3) is 0.375. The van der Waals surface area contributed by atoms with Gasteiger partial charge in [0.2, 0.25) is 5.78 Å². The summed E-state index contributed by atoms with van der Waals surface area (Å²) in [7, 11) is 1.84. The molecule has 0 atom stereocenters. The van der Waals surface area contributed by atoms with Crippen molar-refractivity contribution in [3.05, 3.63) is 17.7 Å². The van der Waals surface area contributed by atoms with Gasteiger partial charge in [0.15, 0.2) is 0 Å². The average molecular weight is 194 g/mol. The molecule has 6 heteroatoms. The van der Waals surface area contributed by atoms with E-state index in [9.17, 15) is 4.79 Å². The van der Waals surface area contributed by atoms with Crippen LogP contribution >= 0.6 is 0 Å². The number of nitrogens with zero attached hydrogens (tertiary/aromatic N) is 4. The summed E-state index contributed by atoms with van der Waals surface area (Å²) in [5.74, 6) is 0.623. The number of rotatable bonds is 2. The van der Waals surface area contributed by atoms with Crippen LogP contribution in [0.3, 0.4) is 0 Å². The molecular weight excluding hydrogens is 184 g/mol. The second-order valence-electron chi connectivity index (χ2n) is 3.15. The van der Waals surface area contributed by atoms with Gasteiger partial charge in [-0.15, -0.1) is 0 Å². The zero-order valence-electron chi connectivity index (χ0n) is 7.93. The highest BCUT2D eigenvalue weighted by atomic mass is 16.4. The number of fused-ring (bicyclic) bond motifs is 1. The van der Waals surface area contributed by atoms with Gasteiger partial charge in [-0.1, -0.05) is 0 Å². The molecule has 2 aromatic heterocycles.